The minimum Gasteiger partial charge on any atom is -0.374 e. The average Bonchev–Trinajstić information content (AvgIpc) is 3.06. The molecule has 1 aliphatic heterocycles. The summed E-state index contributed by atoms with van der Waals surface area (Å²) >= 11 is 0. The predicted octanol–water partition coefficient (Wildman–Crippen LogP) is 2.07. The lowest BCUT2D eigenvalue weighted by Gasteiger charge is -2.47. The van der Waals surface area contributed by atoms with E-state index in [1.165, 1.54) is 18.6 Å². The summed E-state index contributed by atoms with van der Waals surface area (Å²) in [6, 6.07) is 5.80. The summed E-state index contributed by atoms with van der Waals surface area (Å²) in [6.07, 6.45) is 7.28. The molecule has 2 aliphatic rings. The Morgan fingerprint density at radius 3 is 2.74 bits per heavy atom. The van der Waals surface area contributed by atoms with Crippen LogP contribution in [0.4, 0.5) is 4.39 Å². The van der Waals surface area contributed by atoms with Gasteiger partial charge in [0.1, 0.15) is 5.82 Å². The van der Waals surface area contributed by atoms with Crippen LogP contribution in [0.25, 0.3) is 0 Å². The normalized spacial score (nSPS) is 22.2. The number of aryl methyl sites for hydroxylation is 1. The lowest BCUT2D eigenvalue weighted by Crippen LogP contribution is -2.61. The molecule has 1 spiro atoms. The topological polar surface area (TPSA) is 68.2 Å². The molecule has 6 nitrogen and oxygen atoms in total. The molecule has 2 unspecified atom stereocenters. The first-order chi connectivity index (χ1) is 13.0. The molecule has 2 heterocycles. The highest BCUT2D eigenvalue weighted by Crippen LogP contribution is 2.34. The van der Waals surface area contributed by atoms with E-state index in [4.69, 9.17) is 4.74 Å². The van der Waals surface area contributed by atoms with Crippen LogP contribution in [0.1, 0.15) is 42.9 Å². The van der Waals surface area contributed by atoms with Crippen molar-refractivity contribution in [1.82, 2.24) is 20.4 Å². The molecule has 1 amide bonds. The van der Waals surface area contributed by atoms with E-state index < -0.39 is 0 Å². The second-order valence-electron chi connectivity index (χ2n) is 7.65. The van der Waals surface area contributed by atoms with Crippen molar-refractivity contribution in [3.05, 3.63) is 53.6 Å². The predicted molar refractivity (Wildman–Crippen MR) is 98.5 cm³/mol. The molecule has 27 heavy (non-hydrogen) atoms. The maximum Gasteiger partial charge on any atom is 0.223 e. The van der Waals surface area contributed by atoms with Crippen molar-refractivity contribution in [2.45, 2.75) is 43.4 Å². The second-order valence-corrected chi connectivity index (χ2v) is 7.65. The van der Waals surface area contributed by atoms with Crippen LogP contribution < -0.4 is 10.6 Å². The van der Waals surface area contributed by atoms with Gasteiger partial charge in [0, 0.05) is 30.9 Å². The molecule has 7 heteroatoms. The minimum absolute atomic E-state index is 0.0930. The fraction of sp³-hybridized carbons (Fsp3) is 0.500. The summed E-state index contributed by atoms with van der Waals surface area (Å²) in [6.45, 7) is 1.37. The van der Waals surface area contributed by atoms with Gasteiger partial charge < -0.3 is 15.4 Å². The highest BCUT2D eigenvalue weighted by molar-refractivity contribution is 5.77. The van der Waals surface area contributed by atoms with E-state index in [1.54, 1.807) is 23.0 Å². The summed E-state index contributed by atoms with van der Waals surface area (Å²) in [4.78, 5) is 12.7. The molecule has 4 rings (SSSR count). The Morgan fingerprint density at radius 2 is 2.19 bits per heavy atom. The van der Waals surface area contributed by atoms with Crippen molar-refractivity contribution in [2.75, 3.05) is 13.2 Å². The Morgan fingerprint density at radius 1 is 1.41 bits per heavy atom. The number of aromatic nitrogens is 2. The van der Waals surface area contributed by atoms with Crippen LogP contribution in [0.3, 0.4) is 0 Å². The van der Waals surface area contributed by atoms with Gasteiger partial charge in [0.25, 0.3) is 0 Å². The number of carbonyl (C=O) groups excluding carboxylic acids is 1. The van der Waals surface area contributed by atoms with Gasteiger partial charge in [-0.2, -0.15) is 5.10 Å². The third kappa shape index (κ3) is 4.04. The number of ether oxygens (including phenoxy) is 1. The van der Waals surface area contributed by atoms with Gasteiger partial charge in [-0.15, -0.1) is 0 Å². The molecule has 1 saturated carbocycles. The van der Waals surface area contributed by atoms with Crippen LogP contribution in [0.15, 0.2) is 36.7 Å². The number of carbonyl (C=O) groups is 1. The molecule has 2 fully saturated rings. The van der Waals surface area contributed by atoms with E-state index in [0.29, 0.717) is 19.6 Å². The second kappa shape index (κ2) is 7.40. The van der Waals surface area contributed by atoms with Crippen molar-refractivity contribution < 1.29 is 13.9 Å². The van der Waals surface area contributed by atoms with E-state index in [-0.39, 0.29) is 29.4 Å². The molecular formula is C20H25FN4O2. The van der Waals surface area contributed by atoms with Crippen molar-refractivity contribution >= 4 is 5.91 Å². The van der Waals surface area contributed by atoms with Gasteiger partial charge in [-0.3, -0.25) is 9.48 Å². The number of halogens is 1. The van der Waals surface area contributed by atoms with Crippen LogP contribution in [0, 0.1) is 5.82 Å². The van der Waals surface area contributed by atoms with Crippen molar-refractivity contribution in [3.63, 3.8) is 0 Å². The van der Waals surface area contributed by atoms with Gasteiger partial charge in [0.2, 0.25) is 5.91 Å². The number of hydrogen-bond acceptors (Lipinski definition) is 4. The molecule has 1 aromatic heterocycles. The average molecular weight is 372 g/mol. The first-order valence-electron chi connectivity index (χ1n) is 9.43. The Labute approximate surface area is 158 Å². The first-order valence-corrected chi connectivity index (χ1v) is 9.43. The summed E-state index contributed by atoms with van der Waals surface area (Å²) < 4.78 is 20.9. The van der Waals surface area contributed by atoms with E-state index in [1.807, 2.05) is 13.2 Å². The summed E-state index contributed by atoms with van der Waals surface area (Å²) in [5.41, 5.74) is 1.82. The first kappa shape index (κ1) is 18.1. The zero-order valence-electron chi connectivity index (χ0n) is 15.5. The van der Waals surface area contributed by atoms with Gasteiger partial charge in [-0.25, -0.2) is 4.39 Å². The molecule has 2 atom stereocenters. The third-order valence-electron chi connectivity index (χ3n) is 5.59. The standard InChI is InChI=1S/C20H25FN4O2/c1-25-12-15(10-23-25)19(14-3-5-16(21)6-4-14)24-18(26)9-17-11-22-20(13-27-17)7-2-8-20/h3-6,10,12,17,19,22H,2,7-9,11,13H2,1H3,(H,24,26). The number of morpholine rings is 1. The maximum atomic E-state index is 13.3. The Hall–Kier alpha value is -2.25. The number of nitrogens with one attached hydrogen (secondary N) is 2. The molecule has 144 valence electrons. The van der Waals surface area contributed by atoms with E-state index in [2.05, 4.69) is 15.7 Å². The molecule has 1 aromatic carbocycles. The van der Waals surface area contributed by atoms with Crippen molar-refractivity contribution in [1.29, 1.82) is 0 Å². The number of hydrogen-bond donors (Lipinski definition) is 2. The third-order valence-corrected chi connectivity index (χ3v) is 5.59. The molecule has 1 saturated heterocycles. The zero-order chi connectivity index (χ0) is 18.9. The number of rotatable bonds is 5. The van der Waals surface area contributed by atoms with E-state index >= 15 is 0 Å². The largest absolute Gasteiger partial charge is 0.374 e. The van der Waals surface area contributed by atoms with Crippen LogP contribution >= 0.6 is 0 Å². The minimum atomic E-state index is -0.374. The van der Waals surface area contributed by atoms with E-state index in [0.717, 1.165) is 24.0 Å². The van der Waals surface area contributed by atoms with E-state index in [9.17, 15) is 9.18 Å². The highest BCUT2D eigenvalue weighted by Gasteiger charge is 2.41. The molecule has 2 aromatic rings. The van der Waals surface area contributed by atoms with Gasteiger partial charge in [-0.1, -0.05) is 12.1 Å². The van der Waals surface area contributed by atoms with Gasteiger partial charge in [-0.05, 0) is 37.0 Å². The molecule has 2 N–H and O–H groups in total. The Balaban J connectivity index is 1.41. The molecule has 1 aliphatic carbocycles. The molecule has 0 bridgehead atoms. The number of benzene rings is 1. The summed E-state index contributed by atoms with van der Waals surface area (Å²) in [5, 5.41) is 10.8. The maximum absolute atomic E-state index is 13.3. The highest BCUT2D eigenvalue weighted by atomic mass is 19.1. The summed E-state index contributed by atoms with van der Waals surface area (Å²) in [5.74, 6) is -0.397. The smallest absolute Gasteiger partial charge is 0.223 e. The van der Waals surface area contributed by atoms with Crippen LogP contribution in [-0.2, 0) is 16.6 Å². The summed E-state index contributed by atoms with van der Waals surface area (Å²) in [7, 11) is 1.82. The molecule has 0 radical (unpaired) electrons. The van der Waals surface area contributed by atoms with Crippen LogP contribution in [-0.4, -0.2) is 40.5 Å². The molecular weight excluding hydrogens is 347 g/mol. The van der Waals surface area contributed by atoms with Gasteiger partial charge in [0.05, 0.1) is 31.4 Å². The fourth-order valence-electron chi connectivity index (χ4n) is 3.80. The van der Waals surface area contributed by atoms with Crippen molar-refractivity contribution in [3.8, 4) is 0 Å². The van der Waals surface area contributed by atoms with Crippen LogP contribution in [0.5, 0.6) is 0 Å². The lowest BCUT2D eigenvalue weighted by molar-refractivity contribution is -0.127. The fourth-order valence-corrected chi connectivity index (χ4v) is 3.80. The lowest BCUT2D eigenvalue weighted by atomic mass is 9.76. The number of nitrogens with zero attached hydrogens (tertiary/aromatic N) is 2. The monoisotopic (exact) mass is 372 g/mol. The zero-order valence-corrected chi connectivity index (χ0v) is 15.5. The van der Waals surface area contributed by atoms with Crippen LogP contribution in [0.2, 0.25) is 0 Å². The van der Waals surface area contributed by atoms with Gasteiger partial charge >= 0.3 is 0 Å². The van der Waals surface area contributed by atoms with Crippen molar-refractivity contribution in [2.24, 2.45) is 7.05 Å². The Kier molecular flexibility index (Phi) is 4.97. The quantitative estimate of drug-likeness (QED) is 0.843. The number of amides is 1. The SMILES string of the molecule is Cn1cc(C(NC(=O)CC2CNC3(CCC3)CO2)c2ccc(F)cc2)cn1. The van der Waals surface area contributed by atoms with Gasteiger partial charge in [0.15, 0.2) is 0 Å². The Bertz CT molecular complexity index is 791.